The maximum atomic E-state index is 11.2. The lowest BCUT2D eigenvalue weighted by Gasteiger charge is -2.25. The number of thioether (sulfide) groups is 1. The minimum atomic E-state index is -3.01. The van der Waals surface area contributed by atoms with Crippen LogP contribution in [0.5, 0.6) is 0 Å². The minimum absolute atomic E-state index is 0.0821. The van der Waals surface area contributed by atoms with Gasteiger partial charge in [0.15, 0.2) is 9.84 Å². The van der Waals surface area contributed by atoms with Crippen molar-refractivity contribution in [1.82, 2.24) is 4.90 Å². The number of likely N-dealkylation sites (N-methyl/N-ethyl adjacent to an activating group) is 1. The van der Waals surface area contributed by atoms with Gasteiger partial charge >= 0.3 is 0 Å². The van der Waals surface area contributed by atoms with E-state index in [4.69, 9.17) is 0 Å². The molecule has 0 aromatic heterocycles. The third-order valence-corrected chi connectivity index (χ3v) is 4.80. The van der Waals surface area contributed by atoms with Crippen LogP contribution in [-0.4, -0.2) is 67.7 Å². The monoisotopic (exact) mass is 239 g/mol. The van der Waals surface area contributed by atoms with Crippen LogP contribution in [0.25, 0.3) is 0 Å². The Bertz CT molecular complexity index is 278. The van der Waals surface area contributed by atoms with Gasteiger partial charge in [-0.3, -0.25) is 4.90 Å². The van der Waals surface area contributed by atoms with E-state index in [1.807, 2.05) is 18.2 Å². The lowest BCUT2D eigenvalue weighted by molar-refractivity contribution is 0.104. The van der Waals surface area contributed by atoms with Crippen molar-refractivity contribution >= 4 is 21.6 Å². The molecule has 2 unspecified atom stereocenters. The third kappa shape index (κ3) is 3.12. The molecule has 0 aliphatic carbocycles. The van der Waals surface area contributed by atoms with E-state index in [1.165, 1.54) is 0 Å². The van der Waals surface area contributed by atoms with Gasteiger partial charge in [-0.2, -0.15) is 11.8 Å². The van der Waals surface area contributed by atoms with Crippen LogP contribution in [0.1, 0.15) is 0 Å². The van der Waals surface area contributed by atoms with Crippen LogP contribution >= 0.6 is 11.8 Å². The van der Waals surface area contributed by atoms with Crippen molar-refractivity contribution in [2.24, 2.45) is 0 Å². The van der Waals surface area contributed by atoms with Gasteiger partial charge in [0.2, 0.25) is 0 Å². The molecule has 0 bridgehead atoms. The van der Waals surface area contributed by atoms with Crippen LogP contribution in [0.2, 0.25) is 0 Å². The zero-order chi connectivity index (χ0) is 10.8. The molecule has 0 aromatic rings. The molecule has 0 amide bonds. The van der Waals surface area contributed by atoms with Crippen molar-refractivity contribution in [3.63, 3.8) is 0 Å². The second-order valence-electron chi connectivity index (χ2n) is 3.69. The Labute approximate surface area is 89.6 Å². The highest BCUT2D eigenvalue weighted by Crippen LogP contribution is 2.17. The van der Waals surface area contributed by atoms with Crippen LogP contribution in [0, 0.1) is 0 Å². The summed E-state index contributed by atoms with van der Waals surface area (Å²) in [5, 5.41) is 9.57. The van der Waals surface area contributed by atoms with Crippen molar-refractivity contribution in [2.45, 2.75) is 12.1 Å². The molecule has 1 saturated heterocycles. The highest BCUT2D eigenvalue weighted by atomic mass is 32.2. The normalized spacial score (nSPS) is 31.1. The molecule has 4 nitrogen and oxygen atoms in total. The molecule has 1 heterocycles. The molecule has 1 aliphatic rings. The summed E-state index contributed by atoms with van der Waals surface area (Å²) in [7, 11) is -1.15. The molecular weight excluding hydrogens is 222 g/mol. The Balaban J connectivity index is 2.52. The first-order valence-corrected chi connectivity index (χ1v) is 7.75. The van der Waals surface area contributed by atoms with E-state index in [-0.39, 0.29) is 17.5 Å². The molecule has 0 spiro atoms. The predicted molar refractivity (Wildman–Crippen MR) is 59.5 cm³/mol. The topological polar surface area (TPSA) is 57.6 Å². The average Bonchev–Trinajstić information content (AvgIpc) is 2.35. The lowest BCUT2D eigenvalue weighted by Crippen LogP contribution is -2.41. The molecule has 14 heavy (non-hydrogen) atoms. The summed E-state index contributed by atoms with van der Waals surface area (Å²) in [5.41, 5.74) is 0. The number of hydrogen-bond donors (Lipinski definition) is 1. The lowest BCUT2D eigenvalue weighted by atomic mass is 10.2. The maximum absolute atomic E-state index is 11.2. The molecule has 84 valence electrons. The zero-order valence-corrected chi connectivity index (χ0v) is 10.1. The predicted octanol–water partition coefficient (Wildman–Crippen LogP) is -0.561. The molecule has 1 rings (SSSR count). The van der Waals surface area contributed by atoms with E-state index in [1.54, 1.807) is 11.8 Å². The van der Waals surface area contributed by atoms with Crippen LogP contribution in [0.4, 0.5) is 0 Å². The molecular formula is C8H17NO3S2. The Hall–Kier alpha value is 0.220. The van der Waals surface area contributed by atoms with E-state index in [0.29, 0.717) is 0 Å². The molecule has 2 atom stereocenters. The van der Waals surface area contributed by atoms with Gasteiger partial charge in [-0.1, -0.05) is 0 Å². The zero-order valence-electron chi connectivity index (χ0n) is 8.51. The van der Waals surface area contributed by atoms with E-state index < -0.39 is 15.9 Å². The maximum Gasteiger partial charge on any atom is 0.154 e. The number of aliphatic hydroxyl groups is 1. The first-order valence-electron chi connectivity index (χ1n) is 4.54. The number of sulfone groups is 1. The van der Waals surface area contributed by atoms with Gasteiger partial charge in [-0.05, 0) is 13.3 Å². The van der Waals surface area contributed by atoms with Gasteiger partial charge < -0.3 is 5.11 Å². The van der Waals surface area contributed by atoms with Crippen LogP contribution < -0.4 is 0 Å². The van der Waals surface area contributed by atoms with Gasteiger partial charge in [0.05, 0.1) is 23.7 Å². The van der Waals surface area contributed by atoms with Crippen molar-refractivity contribution in [1.29, 1.82) is 0 Å². The second-order valence-corrected chi connectivity index (χ2v) is 6.82. The van der Waals surface area contributed by atoms with Gasteiger partial charge in [-0.15, -0.1) is 0 Å². The van der Waals surface area contributed by atoms with E-state index in [0.717, 1.165) is 12.3 Å². The van der Waals surface area contributed by atoms with Gasteiger partial charge in [-0.25, -0.2) is 8.42 Å². The first kappa shape index (κ1) is 12.3. The highest BCUT2D eigenvalue weighted by molar-refractivity contribution is 7.98. The first-order chi connectivity index (χ1) is 6.46. The fourth-order valence-electron chi connectivity index (χ4n) is 1.63. The molecule has 0 saturated carbocycles. The fourth-order valence-corrected chi connectivity index (χ4v) is 3.98. The van der Waals surface area contributed by atoms with Gasteiger partial charge in [0, 0.05) is 12.3 Å². The molecule has 6 heteroatoms. The Kier molecular flexibility index (Phi) is 4.24. The standard InChI is InChI=1S/C8H17NO3S2/c1-9(3-4-13-2)7-5-14(11,12)6-8(7)10/h7-8,10H,3-6H2,1-2H3. The number of hydrogen-bond acceptors (Lipinski definition) is 5. The third-order valence-electron chi connectivity index (χ3n) is 2.51. The van der Waals surface area contributed by atoms with Crippen LogP contribution in [0.15, 0.2) is 0 Å². The Morgan fingerprint density at radius 3 is 2.57 bits per heavy atom. The van der Waals surface area contributed by atoms with Crippen molar-refractivity contribution in [3.8, 4) is 0 Å². The molecule has 0 radical (unpaired) electrons. The summed E-state index contributed by atoms with van der Waals surface area (Å²) < 4.78 is 22.5. The number of rotatable bonds is 4. The van der Waals surface area contributed by atoms with E-state index in [2.05, 4.69) is 0 Å². The Morgan fingerprint density at radius 1 is 1.50 bits per heavy atom. The Morgan fingerprint density at radius 2 is 2.14 bits per heavy atom. The van der Waals surface area contributed by atoms with Gasteiger partial charge in [0.25, 0.3) is 0 Å². The number of aliphatic hydroxyl groups excluding tert-OH is 1. The quantitative estimate of drug-likeness (QED) is 0.712. The fraction of sp³-hybridized carbons (Fsp3) is 1.00. The summed E-state index contributed by atoms with van der Waals surface area (Å²) in [4.78, 5) is 1.94. The largest absolute Gasteiger partial charge is 0.390 e. The minimum Gasteiger partial charge on any atom is -0.390 e. The second kappa shape index (κ2) is 4.83. The van der Waals surface area contributed by atoms with Crippen molar-refractivity contribution < 1.29 is 13.5 Å². The van der Waals surface area contributed by atoms with E-state index >= 15 is 0 Å². The van der Waals surface area contributed by atoms with Crippen LogP contribution in [-0.2, 0) is 9.84 Å². The molecule has 1 aliphatic heterocycles. The van der Waals surface area contributed by atoms with Crippen LogP contribution in [0.3, 0.4) is 0 Å². The summed E-state index contributed by atoms with van der Waals surface area (Å²) >= 11 is 1.72. The molecule has 0 aromatic carbocycles. The van der Waals surface area contributed by atoms with Crippen molar-refractivity contribution in [2.75, 3.05) is 37.1 Å². The average molecular weight is 239 g/mol. The molecule has 1 N–H and O–H groups in total. The highest BCUT2D eigenvalue weighted by Gasteiger charge is 2.38. The van der Waals surface area contributed by atoms with Gasteiger partial charge in [0.1, 0.15) is 0 Å². The summed E-state index contributed by atoms with van der Waals surface area (Å²) in [5.74, 6) is 0.972. The smallest absolute Gasteiger partial charge is 0.154 e. The molecule has 1 fully saturated rings. The number of nitrogens with zero attached hydrogens (tertiary/aromatic N) is 1. The van der Waals surface area contributed by atoms with Crippen molar-refractivity contribution in [3.05, 3.63) is 0 Å². The summed E-state index contributed by atoms with van der Waals surface area (Å²) in [6, 6.07) is -0.216. The SMILES string of the molecule is CSCCN(C)C1CS(=O)(=O)CC1O. The van der Waals surface area contributed by atoms with E-state index in [9.17, 15) is 13.5 Å². The summed E-state index contributed by atoms with van der Waals surface area (Å²) in [6.45, 7) is 0.818. The summed E-state index contributed by atoms with van der Waals surface area (Å²) in [6.07, 6.45) is 1.29.